The van der Waals surface area contributed by atoms with Crippen molar-refractivity contribution in [3.63, 3.8) is 0 Å². The Morgan fingerprint density at radius 1 is 1.21 bits per heavy atom. The third-order valence-corrected chi connectivity index (χ3v) is 2.86. The summed E-state index contributed by atoms with van der Waals surface area (Å²) in [5.74, 6) is 1.18. The predicted octanol–water partition coefficient (Wildman–Crippen LogP) is 2.81. The van der Waals surface area contributed by atoms with Gasteiger partial charge in [0.2, 0.25) is 0 Å². The number of pyridine rings is 1. The molecule has 1 heterocycles. The standard InChI is InChI=1S/C15H17NO3/c1-2-14(18)13-8-7-12(9-16-13)19-15-6-4-3-5-11(15)10-17/h3-9,14,17-18H,2,10H2,1H3/t14-/m1/s1. The first kappa shape index (κ1) is 13.5. The normalized spacial score (nSPS) is 12.2. The summed E-state index contributed by atoms with van der Waals surface area (Å²) in [6, 6.07) is 10.8. The molecule has 100 valence electrons. The summed E-state index contributed by atoms with van der Waals surface area (Å²) in [6.07, 6.45) is 1.65. The Kier molecular flexibility index (Phi) is 4.49. The van der Waals surface area contributed by atoms with Crippen LogP contribution in [-0.2, 0) is 6.61 Å². The number of rotatable bonds is 5. The van der Waals surface area contributed by atoms with Gasteiger partial charge in [-0.15, -0.1) is 0 Å². The molecule has 1 aromatic heterocycles. The summed E-state index contributed by atoms with van der Waals surface area (Å²) in [7, 11) is 0. The van der Waals surface area contributed by atoms with Gasteiger partial charge in [0, 0.05) is 5.56 Å². The SMILES string of the molecule is CC[C@@H](O)c1ccc(Oc2ccccc2CO)cn1. The van der Waals surface area contributed by atoms with E-state index in [0.717, 1.165) is 5.56 Å². The van der Waals surface area contributed by atoms with Crippen molar-refractivity contribution in [2.45, 2.75) is 26.1 Å². The lowest BCUT2D eigenvalue weighted by Gasteiger charge is -2.11. The third kappa shape index (κ3) is 3.30. The number of nitrogens with zero attached hydrogens (tertiary/aromatic N) is 1. The van der Waals surface area contributed by atoms with Crippen molar-refractivity contribution in [2.24, 2.45) is 0 Å². The second kappa shape index (κ2) is 6.31. The second-order valence-electron chi connectivity index (χ2n) is 4.21. The molecule has 2 N–H and O–H groups in total. The molecule has 0 fully saturated rings. The average Bonchev–Trinajstić information content (AvgIpc) is 2.48. The van der Waals surface area contributed by atoms with Gasteiger partial charge in [-0.1, -0.05) is 25.1 Å². The lowest BCUT2D eigenvalue weighted by atomic mass is 10.2. The summed E-state index contributed by atoms with van der Waals surface area (Å²) in [5.41, 5.74) is 1.35. The van der Waals surface area contributed by atoms with Gasteiger partial charge in [-0.25, -0.2) is 0 Å². The molecule has 0 spiro atoms. The van der Waals surface area contributed by atoms with Crippen LogP contribution >= 0.6 is 0 Å². The Balaban J connectivity index is 2.15. The van der Waals surface area contributed by atoms with E-state index >= 15 is 0 Å². The van der Waals surface area contributed by atoms with Gasteiger partial charge >= 0.3 is 0 Å². The van der Waals surface area contributed by atoms with Crippen molar-refractivity contribution < 1.29 is 14.9 Å². The number of ether oxygens (including phenoxy) is 1. The molecule has 1 aromatic carbocycles. The first-order chi connectivity index (χ1) is 9.24. The number of hydrogen-bond donors (Lipinski definition) is 2. The van der Waals surface area contributed by atoms with E-state index in [4.69, 9.17) is 4.74 Å². The van der Waals surface area contributed by atoms with Gasteiger partial charge in [-0.05, 0) is 24.6 Å². The maximum atomic E-state index is 9.66. The van der Waals surface area contributed by atoms with Crippen LogP contribution in [0, 0.1) is 0 Å². The summed E-state index contributed by atoms with van der Waals surface area (Å²) >= 11 is 0. The van der Waals surface area contributed by atoms with Crippen LogP contribution in [0.4, 0.5) is 0 Å². The zero-order valence-electron chi connectivity index (χ0n) is 10.8. The Morgan fingerprint density at radius 2 is 2.00 bits per heavy atom. The van der Waals surface area contributed by atoms with Gasteiger partial charge in [-0.3, -0.25) is 4.98 Å². The molecule has 0 unspecified atom stereocenters. The number of aromatic nitrogens is 1. The van der Waals surface area contributed by atoms with Crippen molar-refractivity contribution in [1.29, 1.82) is 0 Å². The largest absolute Gasteiger partial charge is 0.455 e. The Morgan fingerprint density at radius 3 is 2.63 bits per heavy atom. The van der Waals surface area contributed by atoms with Gasteiger partial charge in [0.1, 0.15) is 11.5 Å². The molecule has 4 nitrogen and oxygen atoms in total. The molecule has 0 saturated carbocycles. The highest BCUT2D eigenvalue weighted by Crippen LogP contribution is 2.25. The molecule has 0 aliphatic rings. The Bertz CT molecular complexity index is 525. The van der Waals surface area contributed by atoms with Crippen molar-refractivity contribution in [2.75, 3.05) is 0 Å². The van der Waals surface area contributed by atoms with Gasteiger partial charge in [0.25, 0.3) is 0 Å². The maximum Gasteiger partial charge on any atom is 0.145 e. The van der Waals surface area contributed by atoms with Crippen LogP contribution in [0.1, 0.15) is 30.7 Å². The molecule has 1 atom stereocenters. The fraction of sp³-hybridized carbons (Fsp3) is 0.267. The number of para-hydroxylation sites is 1. The van der Waals surface area contributed by atoms with Crippen molar-refractivity contribution in [3.05, 3.63) is 53.9 Å². The smallest absolute Gasteiger partial charge is 0.145 e. The van der Waals surface area contributed by atoms with Crippen LogP contribution in [-0.4, -0.2) is 15.2 Å². The van der Waals surface area contributed by atoms with Crippen LogP contribution < -0.4 is 4.74 Å². The van der Waals surface area contributed by atoms with E-state index in [1.165, 1.54) is 0 Å². The molecule has 19 heavy (non-hydrogen) atoms. The average molecular weight is 259 g/mol. The molecule has 0 radical (unpaired) electrons. The number of aliphatic hydroxyl groups is 2. The van der Waals surface area contributed by atoms with Crippen molar-refractivity contribution >= 4 is 0 Å². The number of hydrogen-bond acceptors (Lipinski definition) is 4. The first-order valence-corrected chi connectivity index (χ1v) is 6.25. The van der Waals surface area contributed by atoms with Crippen LogP contribution in [0.15, 0.2) is 42.6 Å². The quantitative estimate of drug-likeness (QED) is 0.866. The maximum absolute atomic E-state index is 9.66. The number of benzene rings is 1. The summed E-state index contributed by atoms with van der Waals surface area (Å²) < 4.78 is 5.66. The van der Waals surface area contributed by atoms with E-state index in [1.54, 1.807) is 30.5 Å². The molecular formula is C15H17NO3. The van der Waals surface area contributed by atoms with Gasteiger partial charge in [-0.2, -0.15) is 0 Å². The van der Waals surface area contributed by atoms with Gasteiger partial charge in [0.05, 0.1) is 24.6 Å². The van der Waals surface area contributed by atoms with E-state index in [2.05, 4.69) is 4.98 Å². The van der Waals surface area contributed by atoms with E-state index in [0.29, 0.717) is 23.6 Å². The minimum Gasteiger partial charge on any atom is -0.455 e. The van der Waals surface area contributed by atoms with Crippen molar-refractivity contribution in [3.8, 4) is 11.5 Å². The minimum atomic E-state index is -0.543. The second-order valence-corrected chi connectivity index (χ2v) is 4.21. The highest BCUT2D eigenvalue weighted by atomic mass is 16.5. The van der Waals surface area contributed by atoms with Crippen LogP contribution in [0.3, 0.4) is 0 Å². The van der Waals surface area contributed by atoms with Crippen molar-refractivity contribution in [1.82, 2.24) is 4.98 Å². The monoisotopic (exact) mass is 259 g/mol. The van der Waals surface area contributed by atoms with E-state index < -0.39 is 6.10 Å². The summed E-state index contributed by atoms with van der Waals surface area (Å²) in [5, 5.41) is 18.9. The topological polar surface area (TPSA) is 62.6 Å². The highest BCUT2D eigenvalue weighted by molar-refractivity contribution is 5.36. The highest BCUT2D eigenvalue weighted by Gasteiger charge is 2.07. The lowest BCUT2D eigenvalue weighted by molar-refractivity contribution is 0.169. The van der Waals surface area contributed by atoms with E-state index in [9.17, 15) is 10.2 Å². The molecule has 0 amide bonds. The minimum absolute atomic E-state index is 0.0732. The van der Waals surface area contributed by atoms with E-state index in [-0.39, 0.29) is 6.61 Å². The summed E-state index contributed by atoms with van der Waals surface area (Å²) in [6.45, 7) is 1.82. The van der Waals surface area contributed by atoms with Gasteiger partial charge < -0.3 is 14.9 Å². The Hall–Kier alpha value is -1.91. The van der Waals surface area contributed by atoms with Crippen LogP contribution in [0.5, 0.6) is 11.5 Å². The molecule has 4 heteroatoms. The zero-order valence-corrected chi connectivity index (χ0v) is 10.8. The molecule has 2 aromatic rings. The molecule has 2 rings (SSSR count). The van der Waals surface area contributed by atoms with Crippen LogP contribution in [0.25, 0.3) is 0 Å². The molecule has 0 aliphatic heterocycles. The zero-order chi connectivity index (χ0) is 13.7. The third-order valence-electron chi connectivity index (χ3n) is 2.86. The fourth-order valence-electron chi connectivity index (χ4n) is 1.72. The Labute approximate surface area is 112 Å². The number of aliphatic hydroxyl groups excluding tert-OH is 2. The molecule has 0 aliphatic carbocycles. The molecule has 0 saturated heterocycles. The van der Waals surface area contributed by atoms with Crippen LogP contribution in [0.2, 0.25) is 0 Å². The fourth-order valence-corrected chi connectivity index (χ4v) is 1.72. The van der Waals surface area contributed by atoms with E-state index in [1.807, 2.05) is 19.1 Å². The molecule has 0 bridgehead atoms. The van der Waals surface area contributed by atoms with Gasteiger partial charge in [0.15, 0.2) is 0 Å². The molecular weight excluding hydrogens is 242 g/mol. The lowest BCUT2D eigenvalue weighted by Crippen LogP contribution is -1.98. The summed E-state index contributed by atoms with van der Waals surface area (Å²) in [4.78, 5) is 4.16. The first-order valence-electron chi connectivity index (χ1n) is 6.25. The predicted molar refractivity (Wildman–Crippen MR) is 71.9 cm³/mol.